The van der Waals surface area contributed by atoms with Crippen molar-refractivity contribution in [2.24, 2.45) is 5.92 Å². The number of para-hydroxylation sites is 2. The van der Waals surface area contributed by atoms with Crippen LogP contribution >= 0.6 is 11.6 Å². The molecule has 0 fully saturated rings. The van der Waals surface area contributed by atoms with Gasteiger partial charge in [-0.25, -0.2) is 8.42 Å². The highest BCUT2D eigenvalue weighted by molar-refractivity contribution is 7.89. The minimum atomic E-state index is -4.01. The van der Waals surface area contributed by atoms with E-state index < -0.39 is 40.0 Å². The second-order valence-electron chi connectivity index (χ2n) is 7.07. The zero-order valence-electron chi connectivity index (χ0n) is 17.6. The molecular weight excluding hydrogens is 444 g/mol. The normalized spacial score (nSPS) is 13.4. The zero-order chi connectivity index (χ0) is 23.2. The summed E-state index contributed by atoms with van der Waals surface area (Å²) >= 11 is 5.80. The highest BCUT2D eigenvalue weighted by Gasteiger charge is 2.32. The largest absolute Gasteiger partial charge is 0.495 e. The van der Waals surface area contributed by atoms with Crippen molar-refractivity contribution in [1.29, 1.82) is 0 Å². The first-order chi connectivity index (χ1) is 14.5. The maximum Gasteiger partial charge on any atom is 0.325 e. The molecule has 31 heavy (non-hydrogen) atoms. The molecule has 0 aliphatic carbocycles. The fraction of sp³-hybridized carbons (Fsp3) is 0.333. The van der Waals surface area contributed by atoms with E-state index in [-0.39, 0.29) is 4.90 Å². The summed E-state index contributed by atoms with van der Waals surface area (Å²) in [5.41, 5.74) is 0.418. The third-order valence-corrected chi connectivity index (χ3v) is 6.06. The summed E-state index contributed by atoms with van der Waals surface area (Å²) in [5, 5.41) is 3.00. The fourth-order valence-electron chi connectivity index (χ4n) is 2.59. The number of carbonyl (C=O) groups is 2. The van der Waals surface area contributed by atoms with E-state index in [0.29, 0.717) is 16.5 Å². The van der Waals surface area contributed by atoms with Crippen LogP contribution in [0.1, 0.15) is 20.8 Å². The molecule has 0 bridgehead atoms. The summed E-state index contributed by atoms with van der Waals surface area (Å²) < 4.78 is 38.0. The lowest BCUT2D eigenvalue weighted by Gasteiger charge is -2.23. The van der Waals surface area contributed by atoms with Crippen molar-refractivity contribution < 1.29 is 27.5 Å². The van der Waals surface area contributed by atoms with Gasteiger partial charge in [0.1, 0.15) is 11.8 Å². The lowest BCUT2D eigenvalue weighted by molar-refractivity contribution is -0.155. The molecular formula is C21H25ClN2O6S. The number of benzene rings is 2. The first-order valence-electron chi connectivity index (χ1n) is 9.47. The average molecular weight is 469 g/mol. The molecule has 168 valence electrons. The van der Waals surface area contributed by atoms with E-state index in [1.807, 2.05) is 0 Å². The summed E-state index contributed by atoms with van der Waals surface area (Å²) in [6.45, 7) is 4.72. The maximum atomic E-state index is 12.7. The van der Waals surface area contributed by atoms with Crippen LogP contribution in [0.15, 0.2) is 53.4 Å². The molecule has 10 heteroatoms. The molecule has 1 amide bonds. The molecule has 2 aromatic carbocycles. The second kappa shape index (κ2) is 10.6. The Hall–Kier alpha value is -2.62. The van der Waals surface area contributed by atoms with Gasteiger partial charge in [-0.3, -0.25) is 9.59 Å². The summed E-state index contributed by atoms with van der Waals surface area (Å²) in [6.07, 6.45) is -1.17. The van der Waals surface area contributed by atoms with Crippen LogP contribution in [0.2, 0.25) is 5.02 Å². The Morgan fingerprint density at radius 3 is 2.19 bits per heavy atom. The number of anilines is 1. The number of methoxy groups -OCH3 is 1. The number of rotatable bonds is 9. The van der Waals surface area contributed by atoms with Crippen LogP contribution in [0.5, 0.6) is 5.75 Å². The molecule has 0 aliphatic heterocycles. The number of hydrogen-bond donors (Lipinski definition) is 2. The van der Waals surface area contributed by atoms with Gasteiger partial charge in [0.2, 0.25) is 10.0 Å². The van der Waals surface area contributed by atoms with Crippen molar-refractivity contribution in [3.63, 3.8) is 0 Å². The third kappa shape index (κ3) is 6.68. The van der Waals surface area contributed by atoms with E-state index in [1.165, 1.54) is 38.3 Å². The number of ether oxygens (including phenoxy) is 2. The lowest BCUT2D eigenvalue weighted by Crippen LogP contribution is -2.47. The number of esters is 1. The molecule has 0 aromatic heterocycles. The van der Waals surface area contributed by atoms with Crippen LogP contribution in [0.25, 0.3) is 0 Å². The predicted molar refractivity (Wildman–Crippen MR) is 118 cm³/mol. The van der Waals surface area contributed by atoms with E-state index >= 15 is 0 Å². The van der Waals surface area contributed by atoms with Crippen LogP contribution in [-0.4, -0.2) is 39.5 Å². The summed E-state index contributed by atoms with van der Waals surface area (Å²) in [4.78, 5) is 25.1. The monoisotopic (exact) mass is 468 g/mol. The zero-order valence-corrected chi connectivity index (χ0v) is 19.2. The van der Waals surface area contributed by atoms with Gasteiger partial charge in [0.05, 0.1) is 17.7 Å². The van der Waals surface area contributed by atoms with Crippen LogP contribution < -0.4 is 14.8 Å². The van der Waals surface area contributed by atoms with Crippen LogP contribution in [0, 0.1) is 5.92 Å². The van der Waals surface area contributed by atoms with Gasteiger partial charge in [-0.15, -0.1) is 0 Å². The third-order valence-electron chi connectivity index (χ3n) is 4.35. The highest BCUT2D eigenvalue weighted by Crippen LogP contribution is 2.23. The Morgan fingerprint density at radius 2 is 1.61 bits per heavy atom. The molecule has 2 N–H and O–H groups in total. The molecule has 2 atom stereocenters. The number of sulfonamides is 1. The van der Waals surface area contributed by atoms with Gasteiger partial charge in [0.25, 0.3) is 5.91 Å². The molecule has 0 unspecified atom stereocenters. The Bertz CT molecular complexity index is 1020. The molecule has 0 radical (unpaired) electrons. The Morgan fingerprint density at radius 1 is 1.00 bits per heavy atom. The topological polar surface area (TPSA) is 111 Å². The minimum absolute atomic E-state index is 0.0442. The van der Waals surface area contributed by atoms with Crippen molar-refractivity contribution in [1.82, 2.24) is 4.72 Å². The first kappa shape index (κ1) is 24.6. The number of hydrogen-bond acceptors (Lipinski definition) is 6. The minimum Gasteiger partial charge on any atom is -0.495 e. The van der Waals surface area contributed by atoms with Crippen molar-refractivity contribution >= 4 is 39.2 Å². The predicted octanol–water partition coefficient (Wildman–Crippen LogP) is 3.22. The van der Waals surface area contributed by atoms with Crippen molar-refractivity contribution in [3.8, 4) is 5.75 Å². The van der Waals surface area contributed by atoms with Crippen LogP contribution in [-0.2, 0) is 24.3 Å². The quantitative estimate of drug-likeness (QED) is 0.546. The molecule has 0 heterocycles. The standard InChI is InChI=1S/C21H25ClN2O6S/c1-13(2)19(24-31(27,28)16-11-9-15(22)10-12-16)21(26)30-14(3)20(25)23-17-7-5-6-8-18(17)29-4/h5-14,19,24H,1-4H3,(H,23,25)/t14-,19+/m1/s1. The number of halogens is 1. The number of amides is 1. The van der Waals surface area contributed by atoms with E-state index in [1.54, 1.807) is 38.1 Å². The summed E-state index contributed by atoms with van der Waals surface area (Å²) in [7, 11) is -2.54. The Balaban J connectivity index is 2.09. The van der Waals surface area contributed by atoms with Crippen molar-refractivity contribution in [2.45, 2.75) is 37.8 Å². The fourth-order valence-corrected chi connectivity index (χ4v) is 4.05. The van der Waals surface area contributed by atoms with Gasteiger partial charge in [-0.05, 0) is 49.2 Å². The molecule has 8 nitrogen and oxygen atoms in total. The molecule has 2 rings (SSSR count). The van der Waals surface area contributed by atoms with Crippen molar-refractivity contribution in [2.75, 3.05) is 12.4 Å². The van der Waals surface area contributed by atoms with Gasteiger partial charge < -0.3 is 14.8 Å². The van der Waals surface area contributed by atoms with E-state index in [4.69, 9.17) is 21.1 Å². The van der Waals surface area contributed by atoms with Gasteiger partial charge in [-0.1, -0.05) is 37.6 Å². The summed E-state index contributed by atoms with van der Waals surface area (Å²) in [6, 6.07) is 11.1. The number of nitrogens with one attached hydrogen (secondary N) is 2. The number of carbonyl (C=O) groups excluding carboxylic acids is 2. The molecule has 0 saturated carbocycles. The van der Waals surface area contributed by atoms with E-state index in [2.05, 4.69) is 10.0 Å². The van der Waals surface area contributed by atoms with E-state index in [0.717, 1.165) is 0 Å². The molecule has 2 aromatic rings. The van der Waals surface area contributed by atoms with E-state index in [9.17, 15) is 18.0 Å². The lowest BCUT2D eigenvalue weighted by atomic mass is 10.1. The second-order valence-corrected chi connectivity index (χ2v) is 9.22. The van der Waals surface area contributed by atoms with Gasteiger partial charge >= 0.3 is 5.97 Å². The highest BCUT2D eigenvalue weighted by atomic mass is 35.5. The Kier molecular flexibility index (Phi) is 8.43. The molecule has 0 saturated heterocycles. The molecule has 0 spiro atoms. The van der Waals surface area contributed by atoms with Gasteiger partial charge in [0, 0.05) is 5.02 Å². The smallest absolute Gasteiger partial charge is 0.325 e. The maximum absolute atomic E-state index is 12.7. The molecule has 0 aliphatic rings. The Labute approximate surface area is 186 Å². The van der Waals surface area contributed by atoms with Crippen LogP contribution in [0.3, 0.4) is 0 Å². The summed E-state index contributed by atoms with van der Waals surface area (Å²) in [5.74, 6) is -1.43. The average Bonchev–Trinajstić information content (AvgIpc) is 2.72. The van der Waals surface area contributed by atoms with Crippen molar-refractivity contribution in [3.05, 3.63) is 53.6 Å². The van der Waals surface area contributed by atoms with Crippen LogP contribution in [0.4, 0.5) is 5.69 Å². The first-order valence-corrected chi connectivity index (χ1v) is 11.3. The van der Waals surface area contributed by atoms with Gasteiger partial charge in [0.15, 0.2) is 6.10 Å². The van der Waals surface area contributed by atoms with Gasteiger partial charge in [-0.2, -0.15) is 4.72 Å². The SMILES string of the molecule is COc1ccccc1NC(=O)[C@@H](C)OC(=O)[C@@H](NS(=O)(=O)c1ccc(Cl)cc1)C(C)C.